The number of hydrogen-bond acceptors (Lipinski definition) is 3. The van der Waals surface area contributed by atoms with Crippen LogP contribution in [0.1, 0.15) is 30.9 Å². The molecule has 0 aliphatic heterocycles. The fraction of sp³-hybridized carbons (Fsp3) is 0.500. The average Bonchev–Trinajstić information content (AvgIpc) is 2.41. The number of alkyl halides is 3. The minimum atomic E-state index is -4.55. The normalized spacial score (nSPS) is 11.4. The maximum atomic E-state index is 12.8. The molecule has 118 valence electrons. The van der Waals surface area contributed by atoms with E-state index in [-0.39, 0.29) is 17.9 Å². The van der Waals surface area contributed by atoms with Gasteiger partial charge in [0.15, 0.2) is 0 Å². The summed E-state index contributed by atoms with van der Waals surface area (Å²) in [6.45, 7) is 3.26. The van der Waals surface area contributed by atoms with Crippen molar-refractivity contribution < 1.29 is 22.6 Å². The monoisotopic (exact) mass is 304 g/mol. The van der Waals surface area contributed by atoms with Gasteiger partial charge in [-0.2, -0.15) is 13.2 Å². The maximum absolute atomic E-state index is 12.8. The highest BCUT2D eigenvalue weighted by Gasteiger charge is 2.34. The molecule has 0 heterocycles. The molecule has 0 fully saturated rings. The quantitative estimate of drug-likeness (QED) is 0.440. The summed E-state index contributed by atoms with van der Waals surface area (Å²) in [5, 5.41) is 7.24. The van der Waals surface area contributed by atoms with Gasteiger partial charge in [0.25, 0.3) is 0 Å². The van der Waals surface area contributed by atoms with E-state index in [0.29, 0.717) is 13.2 Å². The van der Waals surface area contributed by atoms with E-state index in [9.17, 15) is 13.2 Å². The Labute approximate surface area is 121 Å². The summed E-state index contributed by atoms with van der Waals surface area (Å²) in [4.78, 5) is 0. The van der Waals surface area contributed by atoms with Crippen molar-refractivity contribution in [1.29, 1.82) is 5.41 Å². The molecule has 1 aromatic carbocycles. The highest BCUT2D eigenvalue weighted by molar-refractivity contribution is 5.97. The Morgan fingerprint density at radius 3 is 2.52 bits per heavy atom. The summed E-state index contributed by atoms with van der Waals surface area (Å²) in [6.07, 6.45) is -2.57. The van der Waals surface area contributed by atoms with Gasteiger partial charge < -0.3 is 15.2 Å². The van der Waals surface area contributed by atoms with Crippen LogP contribution in [0.15, 0.2) is 18.2 Å². The first-order valence-electron chi connectivity index (χ1n) is 6.62. The van der Waals surface area contributed by atoms with Crippen molar-refractivity contribution in [2.24, 2.45) is 5.73 Å². The van der Waals surface area contributed by atoms with Gasteiger partial charge in [-0.05, 0) is 24.6 Å². The minimum Gasteiger partial charge on any atom is -0.491 e. The lowest BCUT2D eigenvalue weighted by atomic mass is 10.1. The van der Waals surface area contributed by atoms with Crippen LogP contribution in [0.5, 0.6) is 5.75 Å². The van der Waals surface area contributed by atoms with E-state index in [2.05, 4.69) is 0 Å². The predicted octanol–water partition coefficient (Wildman–Crippen LogP) is 3.18. The molecule has 0 radical (unpaired) electrons. The van der Waals surface area contributed by atoms with Crippen LogP contribution in [0.4, 0.5) is 13.2 Å². The number of benzene rings is 1. The van der Waals surface area contributed by atoms with Crippen LogP contribution in [0.2, 0.25) is 0 Å². The fourth-order valence-corrected chi connectivity index (χ4v) is 1.65. The second-order valence-corrected chi connectivity index (χ2v) is 4.43. The molecule has 3 N–H and O–H groups in total. The topological polar surface area (TPSA) is 68.3 Å². The predicted molar refractivity (Wildman–Crippen MR) is 73.7 cm³/mol. The number of ether oxygens (including phenoxy) is 2. The summed E-state index contributed by atoms with van der Waals surface area (Å²) in [7, 11) is 0. The number of unbranched alkanes of at least 4 members (excludes halogenated alkanes) is 1. The molecule has 7 heteroatoms. The summed E-state index contributed by atoms with van der Waals surface area (Å²) in [5.41, 5.74) is 3.87. The Morgan fingerprint density at radius 2 is 1.95 bits per heavy atom. The van der Waals surface area contributed by atoms with Crippen molar-refractivity contribution in [2.45, 2.75) is 25.9 Å². The van der Waals surface area contributed by atoms with Crippen molar-refractivity contribution >= 4 is 5.84 Å². The lowest BCUT2D eigenvalue weighted by Gasteiger charge is -2.14. The lowest BCUT2D eigenvalue weighted by Crippen LogP contribution is -2.19. The van der Waals surface area contributed by atoms with E-state index in [4.69, 9.17) is 20.6 Å². The van der Waals surface area contributed by atoms with Gasteiger partial charge in [-0.15, -0.1) is 0 Å². The number of nitrogens with two attached hydrogens (primary N) is 1. The van der Waals surface area contributed by atoms with Crippen LogP contribution in [-0.4, -0.2) is 25.7 Å². The SMILES string of the molecule is CCCCOCCOc1ccc(C(F)(F)F)c(C(=N)N)c1. The fourth-order valence-electron chi connectivity index (χ4n) is 1.65. The molecular formula is C14H19F3N2O2. The molecule has 0 atom stereocenters. The molecule has 0 saturated heterocycles. The second kappa shape index (κ2) is 7.87. The first kappa shape index (κ1) is 17.3. The van der Waals surface area contributed by atoms with Gasteiger partial charge in [0.1, 0.15) is 18.2 Å². The molecule has 1 aromatic rings. The Kier molecular flexibility index (Phi) is 6.48. The second-order valence-electron chi connectivity index (χ2n) is 4.43. The number of rotatable bonds is 8. The van der Waals surface area contributed by atoms with E-state index >= 15 is 0 Å². The highest BCUT2D eigenvalue weighted by atomic mass is 19.4. The Hall–Kier alpha value is -1.76. The van der Waals surface area contributed by atoms with Gasteiger partial charge in [0.05, 0.1) is 12.2 Å². The average molecular weight is 304 g/mol. The third kappa shape index (κ3) is 5.63. The number of nitrogens with one attached hydrogen (secondary N) is 1. The van der Waals surface area contributed by atoms with Crippen LogP contribution < -0.4 is 10.5 Å². The molecule has 0 saturated carbocycles. The Balaban J connectivity index is 2.65. The molecule has 0 spiro atoms. The van der Waals surface area contributed by atoms with E-state index in [1.165, 1.54) is 6.07 Å². The van der Waals surface area contributed by atoms with Gasteiger partial charge in [-0.1, -0.05) is 13.3 Å². The van der Waals surface area contributed by atoms with Crippen molar-refractivity contribution in [3.63, 3.8) is 0 Å². The van der Waals surface area contributed by atoms with Crippen LogP contribution in [0.25, 0.3) is 0 Å². The number of amidine groups is 1. The molecule has 0 aliphatic rings. The zero-order valence-electron chi connectivity index (χ0n) is 11.8. The van der Waals surface area contributed by atoms with Gasteiger partial charge in [0.2, 0.25) is 0 Å². The number of hydrogen-bond donors (Lipinski definition) is 2. The van der Waals surface area contributed by atoms with Crippen LogP contribution >= 0.6 is 0 Å². The molecule has 0 amide bonds. The molecule has 0 aliphatic carbocycles. The number of nitrogen functional groups attached to an aromatic ring is 1. The molecule has 1 rings (SSSR count). The standard InChI is InChI=1S/C14H19F3N2O2/c1-2-3-6-20-7-8-21-10-4-5-12(14(15,16)17)11(9-10)13(18)19/h4-5,9H,2-3,6-8H2,1H3,(H3,18,19). The summed E-state index contributed by atoms with van der Waals surface area (Å²) in [5.74, 6) is -0.417. The zero-order valence-corrected chi connectivity index (χ0v) is 11.8. The molecule has 0 unspecified atom stereocenters. The molecule has 0 bridgehead atoms. The first-order chi connectivity index (χ1) is 9.86. The van der Waals surface area contributed by atoms with E-state index in [1.807, 2.05) is 6.92 Å². The van der Waals surface area contributed by atoms with E-state index in [0.717, 1.165) is 25.0 Å². The smallest absolute Gasteiger partial charge is 0.417 e. The van der Waals surface area contributed by atoms with E-state index < -0.39 is 17.6 Å². The van der Waals surface area contributed by atoms with Gasteiger partial charge in [-0.25, -0.2) is 0 Å². The maximum Gasteiger partial charge on any atom is 0.417 e. The van der Waals surface area contributed by atoms with Crippen molar-refractivity contribution in [2.75, 3.05) is 19.8 Å². The van der Waals surface area contributed by atoms with Gasteiger partial charge in [-0.3, -0.25) is 5.41 Å². The first-order valence-corrected chi connectivity index (χ1v) is 6.62. The van der Waals surface area contributed by atoms with Crippen LogP contribution in [-0.2, 0) is 10.9 Å². The van der Waals surface area contributed by atoms with Crippen molar-refractivity contribution in [3.05, 3.63) is 29.3 Å². The van der Waals surface area contributed by atoms with Crippen molar-refractivity contribution in [3.8, 4) is 5.75 Å². The third-order valence-electron chi connectivity index (χ3n) is 2.73. The largest absolute Gasteiger partial charge is 0.491 e. The molecule has 0 aromatic heterocycles. The minimum absolute atomic E-state index is 0.229. The Bertz CT molecular complexity index is 476. The van der Waals surface area contributed by atoms with Gasteiger partial charge >= 0.3 is 6.18 Å². The summed E-state index contributed by atoms with van der Waals surface area (Å²) < 4.78 is 48.8. The van der Waals surface area contributed by atoms with E-state index in [1.54, 1.807) is 0 Å². The lowest BCUT2D eigenvalue weighted by molar-refractivity contribution is -0.137. The third-order valence-corrected chi connectivity index (χ3v) is 2.73. The Morgan fingerprint density at radius 1 is 1.24 bits per heavy atom. The highest BCUT2D eigenvalue weighted by Crippen LogP contribution is 2.33. The number of halogens is 3. The summed E-state index contributed by atoms with van der Waals surface area (Å²) >= 11 is 0. The van der Waals surface area contributed by atoms with Crippen LogP contribution in [0, 0.1) is 5.41 Å². The van der Waals surface area contributed by atoms with Gasteiger partial charge in [0, 0.05) is 12.2 Å². The molecule has 21 heavy (non-hydrogen) atoms. The molecule has 4 nitrogen and oxygen atoms in total. The van der Waals surface area contributed by atoms with Crippen molar-refractivity contribution in [1.82, 2.24) is 0 Å². The zero-order chi connectivity index (χ0) is 15.9. The van der Waals surface area contributed by atoms with Crippen LogP contribution in [0.3, 0.4) is 0 Å². The summed E-state index contributed by atoms with van der Waals surface area (Å²) in [6, 6.07) is 3.20. The molecular weight excluding hydrogens is 285 g/mol.